The third-order valence-corrected chi connectivity index (χ3v) is 5.56. The van der Waals surface area contributed by atoms with Gasteiger partial charge in [-0.3, -0.25) is 14.5 Å². The number of rotatable bonds is 5. The molecule has 0 spiro atoms. The minimum atomic E-state index is -0.812. The second-order valence-electron chi connectivity index (χ2n) is 7.27. The quantitative estimate of drug-likeness (QED) is 0.881. The minimum absolute atomic E-state index is 0.0524. The van der Waals surface area contributed by atoms with Crippen molar-refractivity contribution in [1.82, 2.24) is 9.80 Å². The van der Waals surface area contributed by atoms with Crippen LogP contribution >= 0.6 is 0 Å². The van der Waals surface area contributed by atoms with Gasteiger partial charge in [-0.05, 0) is 18.4 Å². The van der Waals surface area contributed by atoms with Crippen molar-refractivity contribution in [3.8, 4) is 0 Å². The summed E-state index contributed by atoms with van der Waals surface area (Å²) in [6, 6.07) is 10.2. The van der Waals surface area contributed by atoms with Crippen molar-refractivity contribution in [2.24, 2.45) is 11.8 Å². The number of amides is 1. The lowest BCUT2D eigenvalue weighted by molar-refractivity contribution is -0.153. The number of nitrogens with zero attached hydrogens (tertiary/aromatic N) is 2. The van der Waals surface area contributed by atoms with Gasteiger partial charge in [0.05, 0.1) is 11.8 Å². The average molecular weight is 356 g/mol. The number of hydrogen-bond donors (Lipinski definition) is 1. The van der Waals surface area contributed by atoms with Gasteiger partial charge in [0, 0.05) is 32.7 Å². The summed E-state index contributed by atoms with van der Waals surface area (Å²) >= 11 is 0. The normalized spacial score (nSPS) is 24.7. The molecule has 2 aliphatic rings. The van der Waals surface area contributed by atoms with Crippen LogP contribution in [0.1, 0.15) is 31.2 Å². The molecule has 1 aliphatic carbocycles. The molecule has 2 atom stereocenters. The van der Waals surface area contributed by atoms with E-state index in [0.29, 0.717) is 19.5 Å². The Kier molecular flexibility index (Phi) is 6.45. The van der Waals surface area contributed by atoms with E-state index in [1.54, 1.807) is 0 Å². The molecule has 3 rings (SSSR count). The van der Waals surface area contributed by atoms with Crippen LogP contribution in [0.25, 0.3) is 6.08 Å². The van der Waals surface area contributed by atoms with E-state index in [9.17, 15) is 14.7 Å². The zero-order chi connectivity index (χ0) is 18.4. The van der Waals surface area contributed by atoms with Crippen molar-refractivity contribution < 1.29 is 14.7 Å². The Labute approximate surface area is 155 Å². The number of aliphatic carboxylic acids is 1. The van der Waals surface area contributed by atoms with Crippen LogP contribution < -0.4 is 0 Å². The van der Waals surface area contributed by atoms with Gasteiger partial charge in [0.2, 0.25) is 5.91 Å². The number of carboxylic acid groups (broad SMARTS) is 1. The van der Waals surface area contributed by atoms with E-state index < -0.39 is 11.9 Å². The lowest BCUT2D eigenvalue weighted by Crippen LogP contribution is -2.52. The molecule has 1 N–H and O–H groups in total. The maximum absolute atomic E-state index is 12.8. The predicted molar refractivity (Wildman–Crippen MR) is 102 cm³/mol. The first kappa shape index (κ1) is 18.6. The second-order valence-corrected chi connectivity index (χ2v) is 7.27. The summed E-state index contributed by atoms with van der Waals surface area (Å²) in [6.45, 7) is 3.95. The van der Waals surface area contributed by atoms with Crippen molar-refractivity contribution >= 4 is 18.0 Å². The molecule has 2 fully saturated rings. The smallest absolute Gasteiger partial charge is 0.307 e. The molecule has 5 nitrogen and oxygen atoms in total. The van der Waals surface area contributed by atoms with Crippen LogP contribution in [0.5, 0.6) is 0 Å². The highest BCUT2D eigenvalue weighted by molar-refractivity contribution is 5.85. The van der Waals surface area contributed by atoms with Crippen LogP contribution in [-0.4, -0.2) is 59.5 Å². The summed E-state index contributed by atoms with van der Waals surface area (Å²) in [5, 5.41) is 9.40. The third-order valence-electron chi connectivity index (χ3n) is 5.56. The second kappa shape index (κ2) is 8.99. The van der Waals surface area contributed by atoms with Crippen molar-refractivity contribution in [3.05, 3.63) is 42.0 Å². The Balaban J connectivity index is 1.47. The van der Waals surface area contributed by atoms with E-state index in [0.717, 1.165) is 38.9 Å². The van der Waals surface area contributed by atoms with E-state index in [-0.39, 0.29) is 11.8 Å². The molecular weight excluding hydrogens is 328 g/mol. The zero-order valence-corrected chi connectivity index (χ0v) is 15.2. The first-order chi connectivity index (χ1) is 12.6. The van der Waals surface area contributed by atoms with Crippen LogP contribution in [0.4, 0.5) is 0 Å². The number of piperazine rings is 1. The van der Waals surface area contributed by atoms with Gasteiger partial charge in [-0.15, -0.1) is 0 Å². The van der Waals surface area contributed by atoms with E-state index >= 15 is 0 Å². The van der Waals surface area contributed by atoms with Gasteiger partial charge in [0.25, 0.3) is 0 Å². The molecule has 1 saturated carbocycles. The van der Waals surface area contributed by atoms with E-state index in [1.807, 2.05) is 23.1 Å². The summed E-state index contributed by atoms with van der Waals surface area (Å²) in [7, 11) is 0. The molecule has 0 radical (unpaired) electrons. The SMILES string of the molecule is O=C(O)C1CCCCC1C(=O)N1CCN(CC=Cc2ccccc2)CC1. The van der Waals surface area contributed by atoms with Gasteiger partial charge in [-0.2, -0.15) is 0 Å². The summed E-state index contributed by atoms with van der Waals surface area (Å²) in [4.78, 5) is 28.5. The topological polar surface area (TPSA) is 60.9 Å². The average Bonchev–Trinajstić information content (AvgIpc) is 2.69. The Bertz CT molecular complexity index is 636. The molecule has 1 saturated heterocycles. The van der Waals surface area contributed by atoms with Gasteiger partial charge < -0.3 is 10.0 Å². The Morgan fingerprint density at radius 1 is 1.00 bits per heavy atom. The number of carboxylic acids is 1. The lowest BCUT2D eigenvalue weighted by Gasteiger charge is -2.38. The molecule has 5 heteroatoms. The van der Waals surface area contributed by atoms with Crippen LogP contribution in [0.2, 0.25) is 0 Å². The number of hydrogen-bond acceptors (Lipinski definition) is 3. The van der Waals surface area contributed by atoms with Gasteiger partial charge in [-0.1, -0.05) is 55.3 Å². The van der Waals surface area contributed by atoms with Crippen LogP contribution in [0.15, 0.2) is 36.4 Å². The summed E-state index contributed by atoms with van der Waals surface area (Å²) in [6.07, 6.45) is 7.52. The van der Waals surface area contributed by atoms with Crippen LogP contribution in [0, 0.1) is 11.8 Å². The maximum Gasteiger partial charge on any atom is 0.307 e. The molecule has 26 heavy (non-hydrogen) atoms. The number of carbonyl (C=O) groups excluding carboxylic acids is 1. The largest absolute Gasteiger partial charge is 0.481 e. The molecule has 0 aromatic heterocycles. The van der Waals surface area contributed by atoms with E-state index in [1.165, 1.54) is 5.56 Å². The number of benzene rings is 1. The maximum atomic E-state index is 12.8. The molecule has 1 aromatic rings. The number of carbonyl (C=O) groups is 2. The van der Waals surface area contributed by atoms with Crippen molar-refractivity contribution in [1.29, 1.82) is 0 Å². The van der Waals surface area contributed by atoms with Gasteiger partial charge >= 0.3 is 5.97 Å². The molecular formula is C21H28N2O3. The van der Waals surface area contributed by atoms with E-state index in [2.05, 4.69) is 29.2 Å². The fraction of sp³-hybridized carbons (Fsp3) is 0.524. The zero-order valence-electron chi connectivity index (χ0n) is 15.2. The highest BCUT2D eigenvalue weighted by Crippen LogP contribution is 2.32. The van der Waals surface area contributed by atoms with Crippen molar-refractivity contribution in [3.63, 3.8) is 0 Å². The summed E-state index contributed by atoms with van der Waals surface area (Å²) < 4.78 is 0. The Morgan fingerprint density at radius 2 is 1.65 bits per heavy atom. The first-order valence-electron chi connectivity index (χ1n) is 9.60. The summed E-state index contributed by atoms with van der Waals surface area (Å²) in [5.41, 5.74) is 1.19. The molecule has 1 aliphatic heterocycles. The molecule has 1 aromatic carbocycles. The standard InChI is InChI=1S/C21H28N2O3/c24-20(18-10-4-5-11-19(18)21(25)26)23-15-13-22(14-16-23)12-6-9-17-7-2-1-3-8-17/h1-3,6-9,18-19H,4-5,10-16H2,(H,25,26). The Morgan fingerprint density at radius 3 is 2.31 bits per heavy atom. The Hall–Kier alpha value is -2.14. The molecule has 140 valence electrons. The fourth-order valence-electron chi connectivity index (χ4n) is 4.01. The van der Waals surface area contributed by atoms with Crippen molar-refractivity contribution in [2.45, 2.75) is 25.7 Å². The van der Waals surface area contributed by atoms with Gasteiger partial charge in [0.1, 0.15) is 0 Å². The fourth-order valence-corrected chi connectivity index (χ4v) is 4.01. The predicted octanol–water partition coefficient (Wildman–Crippen LogP) is 2.74. The monoisotopic (exact) mass is 356 g/mol. The third kappa shape index (κ3) is 4.73. The molecule has 2 unspecified atom stereocenters. The van der Waals surface area contributed by atoms with Crippen LogP contribution in [0.3, 0.4) is 0 Å². The lowest BCUT2D eigenvalue weighted by atomic mass is 9.78. The molecule has 0 bridgehead atoms. The van der Waals surface area contributed by atoms with Gasteiger partial charge in [0.15, 0.2) is 0 Å². The summed E-state index contributed by atoms with van der Waals surface area (Å²) in [5.74, 6) is -1.59. The highest BCUT2D eigenvalue weighted by atomic mass is 16.4. The minimum Gasteiger partial charge on any atom is -0.481 e. The molecule has 1 heterocycles. The molecule has 1 amide bonds. The first-order valence-corrected chi connectivity index (χ1v) is 9.60. The van der Waals surface area contributed by atoms with Gasteiger partial charge in [-0.25, -0.2) is 0 Å². The van der Waals surface area contributed by atoms with Crippen molar-refractivity contribution in [2.75, 3.05) is 32.7 Å². The van der Waals surface area contributed by atoms with E-state index in [4.69, 9.17) is 0 Å². The van der Waals surface area contributed by atoms with Crippen LogP contribution in [-0.2, 0) is 9.59 Å². The highest BCUT2D eigenvalue weighted by Gasteiger charge is 2.38.